The zero-order valence-corrected chi connectivity index (χ0v) is 11.5. The molecule has 0 saturated heterocycles. The van der Waals surface area contributed by atoms with Gasteiger partial charge in [-0.2, -0.15) is 5.26 Å². The van der Waals surface area contributed by atoms with E-state index in [1.54, 1.807) is 42.5 Å². The van der Waals surface area contributed by atoms with Crippen LogP contribution in [-0.2, 0) is 0 Å². The van der Waals surface area contributed by atoms with Gasteiger partial charge in [0.25, 0.3) is 0 Å². The second-order valence-electron chi connectivity index (χ2n) is 4.29. The van der Waals surface area contributed by atoms with Crippen LogP contribution in [0.5, 0.6) is 5.75 Å². The highest BCUT2D eigenvalue weighted by Crippen LogP contribution is 2.22. The molecule has 4 heteroatoms. The average Bonchev–Trinajstić information content (AvgIpc) is 2.47. The van der Waals surface area contributed by atoms with Gasteiger partial charge in [0.05, 0.1) is 18.6 Å². The minimum Gasteiger partial charge on any atom is -0.494 e. The molecule has 20 heavy (non-hydrogen) atoms. The first-order valence-electron chi connectivity index (χ1n) is 6.23. The van der Waals surface area contributed by atoms with E-state index >= 15 is 0 Å². The van der Waals surface area contributed by atoms with Crippen molar-refractivity contribution in [3.63, 3.8) is 0 Å². The van der Waals surface area contributed by atoms with Crippen LogP contribution in [0.15, 0.2) is 48.5 Å². The molecule has 0 aliphatic heterocycles. The number of rotatable bonds is 5. The Morgan fingerprint density at radius 3 is 2.50 bits per heavy atom. The van der Waals surface area contributed by atoms with Crippen molar-refractivity contribution in [2.45, 2.75) is 12.3 Å². The van der Waals surface area contributed by atoms with Gasteiger partial charge in [-0.3, -0.25) is 0 Å². The minimum absolute atomic E-state index is 0.341. The molecule has 0 saturated carbocycles. The predicted molar refractivity (Wildman–Crippen MR) is 76.3 cm³/mol. The molecule has 2 aromatic carbocycles. The molecule has 1 atom stereocenters. The topological polar surface area (TPSA) is 33.0 Å². The van der Waals surface area contributed by atoms with E-state index in [-0.39, 0.29) is 5.82 Å². The van der Waals surface area contributed by atoms with Gasteiger partial charge in [-0.05, 0) is 30.3 Å². The first kappa shape index (κ1) is 14.4. The van der Waals surface area contributed by atoms with Crippen LogP contribution >= 0.6 is 11.6 Å². The third-order valence-corrected chi connectivity index (χ3v) is 3.18. The number of halogens is 2. The van der Waals surface area contributed by atoms with Gasteiger partial charge >= 0.3 is 0 Å². The van der Waals surface area contributed by atoms with Crippen molar-refractivity contribution in [1.29, 1.82) is 5.26 Å². The number of nitrogens with zero attached hydrogens (tertiary/aromatic N) is 1. The van der Waals surface area contributed by atoms with Crippen LogP contribution in [0, 0.1) is 17.1 Å². The van der Waals surface area contributed by atoms with Crippen LogP contribution < -0.4 is 4.74 Å². The fourth-order valence-electron chi connectivity index (χ4n) is 1.87. The summed E-state index contributed by atoms with van der Waals surface area (Å²) in [5.41, 5.74) is 0.412. The van der Waals surface area contributed by atoms with E-state index in [1.807, 2.05) is 0 Å². The van der Waals surface area contributed by atoms with Crippen molar-refractivity contribution in [1.82, 2.24) is 0 Å². The first-order valence-corrected chi connectivity index (χ1v) is 6.61. The van der Waals surface area contributed by atoms with Gasteiger partial charge in [0.1, 0.15) is 11.6 Å². The molecule has 0 fully saturated rings. The van der Waals surface area contributed by atoms with E-state index in [0.717, 1.165) is 0 Å². The van der Waals surface area contributed by atoms with Crippen LogP contribution in [0.4, 0.5) is 4.39 Å². The standard InChI is InChI=1S/C16H13ClFNO/c17-13-5-7-14(8-6-13)20-10-9-12(11-19)15-3-1-2-4-16(15)18/h1-8,12H,9-10H2. The highest BCUT2D eigenvalue weighted by atomic mass is 35.5. The average molecular weight is 290 g/mol. The molecule has 0 radical (unpaired) electrons. The molecular formula is C16H13ClFNO. The van der Waals surface area contributed by atoms with Crippen LogP contribution in [-0.4, -0.2) is 6.61 Å². The smallest absolute Gasteiger partial charge is 0.127 e. The summed E-state index contributed by atoms with van der Waals surface area (Å²) in [5, 5.41) is 9.79. The third kappa shape index (κ3) is 3.72. The summed E-state index contributed by atoms with van der Waals surface area (Å²) in [7, 11) is 0. The molecule has 1 unspecified atom stereocenters. The van der Waals surface area contributed by atoms with E-state index in [2.05, 4.69) is 6.07 Å². The maximum absolute atomic E-state index is 13.6. The minimum atomic E-state index is -0.511. The zero-order valence-electron chi connectivity index (χ0n) is 10.7. The molecule has 102 valence electrons. The SMILES string of the molecule is N#CC(CCOc1ccc(Cl)cc1)c1ccccc1F. The van der Waals surface area contributed by atoms with E-state index < -0.39 is 5.92 Å². The number of ether oxygens (including phenoxy) is 1. The Hall–Kier alpha value is -2.05. The summed E-state index contributed by atoms with van der Waals surface area (Å²) in [6, 6.07) is 15.4. The molecule has 2 rings (SSSR count). The van der Waals surface area contributed by atoms with Crippen LogP contribution in [0.1, 0.15) is 17.9 Å². The molecule has 0 aromatic heterocycles. The zero-order chi connectivity index (χ0) is 14.4. The van der Waals surface area contributed by atoms with Crippen molar-refractivity contribution >= 4 is 11.6 Å². The van der Waals surface area contributed by atoms with Gasteiger partial charge in [0.15, 0.2) is 0 Å². The summed E-state index contributed by atoms with van der Waals surface area (Å²) < 4.78 is 19.1. The Morgan fingerprint density at radius 2 is 1.85 bits per heavy atom. The van der Waals surface area contributed by atoms with Gasteiger partial charge in [0.2, 0.25) is 0 Å². The Morgan fingerprint density at radius 1 is 1.15 bits per heavy atom. The van der Waals surface area contributed by atoms with Gasteiger partial charge in [0, 0.05) is 17.0 Å². The Labute approximate surface area is 122 Å². The lowest BCUT2D eigenvalue weighted by Crippen LogP contribution is -2.06. The predicted octanol–water partition coefficient (Wildman–Crippen LogP) is 4.56. The van der Waals surface area contributed by atoms with Gasteiger partial charge in [-0.25, -0.2) is 4.39 Å². The number of hydrogen-bond acceptors (Lipinski definition) is 2. The Balaban J connectivity index is 1.94. The molecule has 0 bridgehead atoms. The molecule has 0 spiro atoms. The summed E-state index contributed by atoms with van der Waals surface area (Å²) in [6.45, 7) is 0.341. The highest BCUT2D eigenvalue weighted by molar-refractivity contribution is 6.30. The summed E-state index contributed by atoms with van der Waals surface area (Å²) in [6.07, 6.45) is 0.431. The molecule has 0 N–H and O–H groups in total. The van der Waals surface area contributed by atoms with E-state index in [0.29, 0.717) is 29.4 Å². The Bertz CT molecular complexity index is 607. The van der Waals surface area contributed by atoms with Crippen LogP contribution in [0.3, 0.4) is 0 Å². The van der Waals surface area contributed by atoms with Crippen LogP contribution in [0.2, 0.25) is 5.02 Å². The molecular weight excluding hydrogens is 277 g/mol. The van der Waals surface area contributed by atoms with E-state index in [1.165, 1.54) is 6.07 Å². The van der Waals surface area contributed by atoms with Crippen molar-refractivity contribution < 1.29 is 9.13 Å². The maximum atomic E-state index is 13.6. The second kappa shape index (κ2) is 6.93. The van der Waals surface area contributed by atoms with Crippen LogP contribution in [0.25, 0.3) is 0 Å². The largest absolute Gasteiger partial charge is 0.494 e. The molecule has 2 aromatic rings. The summed E-state index contributed by atoms with van der Waals surface area (Å²) in [4.78, 5) is 0. The monoisotopic (exact) mass is 289 g/mol. The maximum Gasteiger partial charge on any atom is 0.127 e. The molecule has 0 heterocycles. The number of hydrogen-bond donors (Lipinski definition) is 0. The number of nitriles is 1. The van der Waals surface area contributed by atoms with Crippen molar-refractivity contribution in [2.24, 2.45) is 0 Å². The quantitative estimate of drug-likeness (QED) is 0.808. The highest BCUT2D eigenvalue weighted by Gasteiger charge is 2.14. The lowest BCUT2D eigenvalue weighted by Gasteiger charge is -2.11. The normalized spacial score (nSPS) is 11.7. The summed E-state index contributed by atoms with van der Waals surface area (Å²) >= 11 is 5.78. The van der Waals surface area contributed by atoms with Gasteiger partial charge < -0.3 is 4.74 Å². The fraction of sp³-hybridized carbons (Fsp3) is 0.188. The third-order valence-electron chi connectivity index (χ3n) is 2.93. The molecule has 0 aliphatic carbocycles. The van der Waals surface area contributed by atoms with E-state index in [9.17, 15) is 4.39 Å². The fourth-order valence-corrected chi connectivity index (χ4v) is 2.00. The Kier molecular flexibility index (Phi) is 4.97. The van der Waals surface area contributed by atoms with Crippen molar-refractivity contribution in [3.05, 3.63) is 64.9 Å². The van der Waals surface area contributed by atoms with E-state index in [4.69, 9.17) is 21.6 Å². The van der Waals surface area contributed by atoms with Crippen molar-refractivity contribution in [3.8, 4) is 11.8 Å². The second-order valence-corrected chi connectivity index (χ2v) is 4.73. The molecule has 0 aliphatic rings. The molecule has 2 nitrogen and oxygen atoms in total. The van der Waals surface area contributed by atoms with Gasteiger partial charge in [-0.15, -0.1) is 0 Å². The van der Waals surface area contributed by atoms with Gasteiger partial charge in [-0.1, -0.05) is 29.8 Å². The lowest BCUT2D eigenvalue weighted by atomic mass is 9.97. The summed E-state index contributed by atoms with van der Waals surface area (Å²) in [5.74, 6) is -0.186. The number of benzene rings is 2. The van der Waals surface area contributed by atoms with Crippen molar-refractivity contribution in [2.75, 3.05) is 6.61 Å². The molecule has 0 amide bonds. The first-order chi connectivity index (χ1) is 9.70. The lowest BCUT2D eigenvalue weighted by molar-refractivity contribution is 0.305.